The number of carbonyl (C=O) groups is 1. The largest absolute Gasteiger partial charge is 0.379 e. The van der Waals surface area contributed by atoms with E-state index in [0.29, 0.717) is 41.8 Å². The second-order valence-corrected chi connectivity index (χ2v) is 6.70. The molecule has 0 aliphatic heterocycles. The number of hydrogen-bond acceptors (Lipinski definition) is 4. The Bertz CT molecular complexity index is 1040. The molecule has 0 saturated carbocycles. The zero-order valence-electron chi connectivity index (χ0n) is 15.7. The molecule has 0 unspecified atom stereocenters. The van der Waals surface area contributed by atoms with Crippen molar-refractivity contribution < 1.29 is 13.9 Å². The fraction of sp³-hybridized carbons (Fsp3) is 0.421. The summed E-state index contributed by atoms with van der Waals surface area (Å²) in [6.45, 7) is 6.51. The molecule has 27 heavy (non-hydrogen) atoms. The van der Waals surface area contributed by atoms with E-state index >= 15 is 0 Å². The first-order valence-electron chi connectivity index (χ1n) is 8.93. The van der Waals surface area contributed by atoms with Gasteiger partial charge in [-0.05, 0) is 51.5 Å². The minimum atomic E-state index is -0.393. The number of hydrogen-bond donors (Lipinski definition) is 1. The molecule has 2 aromatic heterocycles. The predicted molar refractivity (Wildman–Crippen MR) is 100 cm³/mol. The average molecular weight is 374 g/mol. The van der Waals surface area contributed by atoms with Crippen molar-refractivity contribution in [1.29, 1.82) is 0 Å². The highest BCUT2D eigenvalue weighted by atomic mass is 19.1. The van der Waals surface area contributed by atoms with Gasteiger partial charge < -0.3 is 10.1 Å². The average Bonchev–Trinajstić information content (AvgIpc) is 2.98. The summed E-state index contributed by atoms with van der Waals surface area (Å²) in [5, 5.41) is 7.61. The number of benzene rings is 1. The van der Waals surface area contributed by atoms with Gasteiger partial charge in [-0.3, -0.25) is 14.0 Å². The summed E-state index contributed by atoms with van der Waals surface area (Å²) < 4.78 is 21.7. The van der Waals surface area contributed by atoms with Crippen molar-refractivity contribution in [3.8, 4) is 0 Å². The summed E-state index contributed by atoms with van der Waals surface area (Å²) in [4.78, 5) is 24.8. The van der Waals surface area contributed by atoms with Crippen LogP contribution in [0.3, 0.4) is 0 Å². The van der Waals surface area contributed by atoms with Crippen molar-refractivity contribution in [2.45, 2.75) is 39.8 Å². The van der Waals surface area contributed by atoms with Crippen molar-refractivity contribution in [2.24, 2.45) is 0 Å². The molecule has 1 N–H and O–H groups in total. The van der Waals surface area contributed by atoms with E-state index < -0.39 is 5.56 Å². The van der Waals surface area contributed by atoms with E-state index in [0.717, 1.165) is 4.68 Å². The Morgan fingerprint density at radius 2 is 2.07 bits per heavy atom. The highest BCUT2D eigenvalue weighted by Crippen LogP contribution is 2.20. The number of aromatic nitrogens is 3. The van der Waals surface area contributed by atoms with E-state index in [9.17, 15) is 14.0 Å². The summed E-state index contributed by atoms with van der Waals surface area (Å²) in [5.74, 6) is -0.116. The fourth-order valence-corrected chi connectivity index (χ4v) is 3.01. The lowest BCUT2D eigenvalue weighted by atomic mass is 10.2. The van der Waals surface area contributed by atoms with Crippen LogP contribution in [0.1, 0.15) is 26.1 Å². The SMILES string of the molecule is Cc1nn(CC(=O)NCCCOC(C)C)c(=O)c2cc3cc(F)ccc3n12. The zero-order chi connectivity index (χ0) is 19.6. The third kappa shape index (κ3) is 4.16. The van der Waals surface area contributed by atoms with Gasteiger partial charge in [-0.2, -0.15) is 5.10 Å². The second-order valence-electron chi connectivity index (χ2n) is 6.70. The molecular weight excluding hydrogens is 351 g/mol. The Morgan fingerprint density at radius 1 is 1.30 bits per heavy atom. The molecule has 8 heteroatoms. The molecular formula is C19H23FN4O3. The van der Waals surface area contributed by atoms with E-state index in [4.69, 9.17) is 4.74 Å². The first-order valence-corrected chi connectivity index (χ1v) is 8.93. The van der Waals surface area contributed by atoms with Gasteiger partial charge in [0, 0.05) is 18.5 Å². The zero-order valence-corrected chi connectivity index (χ0v) is 15.7. The van der Waals surface area contributed by atoms with Crippen LogP contribution in [0.5, 0.6) is 0 Å². The van der Waals surface area contributed by atoms with Gasteiger partial charge in [0.15, 0.2) is 0 Å². The van der Waals surface area contributed by atoms with E-state index in [-0.39, 0.29) is 24.4 Å². The van der Waals surface area contributed by atoms with E-state index in [1.54, 1.807) is 23.5 Å². The van der Waals surface area contributed by atoms with Crippen LogP contribution in [0.2, 0.25) is 0 Å². The lowest BCUT2D eigenvalue weighted by Crippen LogP contribution is -2.35. The molecule has 7 nitrogen and oxygen atoms in total. The molecule has 0 radical (unpaired) electrons. The molecule has 0 fully saturated rings. The quantitative estimate of drug-likeness (QED) is 0.642. The molecule has 144 valence electrons. The molecule has 3 aromatic rings. The summed E-state index contributed by atoms with van der Waals surface area (Å²) in [7, 11) is 0. The van der Waals surface area contributed by atoms with Crippen molar-refractivity contribution in [1.82, 2.24) is 19.5 Å². The van der Waals surface area contributed by atoms with Crippen LogP contribution in [0, 0.1) is 12.7 Å². The number of nitrogens with zero attached hydrogens (tertiary/aromatic N) is 3. The monoisotopic (exact) mass is 374 g/mol. The molecule has 1 amide bonds. The molecule has 0 saturated heterocycles. The van der Waals surface area contributed by atoms with Crippen LogP contribution >= 0.6 is 0 Å². The smallest absolute Gasteiger partial charge is 0.291 e. The van der Waals surface area contributed by atoms with Crippen LogP contribution in [-0.4, -0.2) is 39.3 Å². The van der Waals surface area contributed by atoms with Crippen LogP contribution in [0.15, 0.2) is 29.1 Å². The summed E-state index contributed by atoms with van der Waals surface area (Å²) >= 11 is 0. The van der Waals surface area contributed by atoms with Crippen LogP contribution in [0.25, 0.3) is 16.4 Å². The van der Waals surface area contributed by atoms with Crippen molar-refractivity contribution in [2.75, 3.05) is 13.2 Å². The first kappa shape index (κ1) is 19.0. The van der Waals surface area contributed by atoms with Gasteiger partial charge in [-0.1, -0.05) is 0 Å². The molecule has 0 atom stereocenters. The number of aryl methyl sites for hydroxylation is 1. The summed E-state index contributed by atoms with van der Waals surface area (Å²) in [6.07, 6.45) is 0.851. The van der Waals surface area contributed by atoms with Crippen molar-refractivity contribution in [3.63, 3.8) is 0 Å². The molecule has 0 aliphatic carbocycles. The molecule has 0 spiro atoms. The van der Waals surface area contributed by atoms with Crippen molar-refractivity contribution >= 4 is 22.3 Å². The number of carbonyl (C=O) groups excluding carboxylic acids is 1. The normalized spacial score (nSPS) is 11.6. The maximum Gasteiger partial charge on any atom is 0.291 e. The lowest BCUT2D eigenvalue weighted by Gasteiger charge is -2.10. The van der Waals surface area contributed by atoms with Gasteiger partial charge in [-0.15, -0.1) is 0 Å². The molecule has 0 aliphatic rings. The van der Waals surface area contributed by atoms with E-state index in [1.807, 2.05) is 13.8 Å². The van der Waals surface area contributed by atoms with Gasteiger partial charge in [0.1, 0.15) is 23.7 Å². The molecule has 3 rings (SSSR count). The maximum absolute atomic E-state index is 13.5. The van der Waals surface area contributed by atoms with Gasteiger partial charge in [0.25, 0.3) is 5.56 Å². The number of ether oxygens (including phenoxy) is 1. The molecule has 1 aromatic carbocycles. The lowest BCUT2D eigenvalue weighted by molar-refractivity contribution is -0.121. The topological polar surface area (TPSA) is 77.6 Å². The first-order chi connectivity index (χ1) is 12.9. The molecule has 2 heterocycles. The maximum atomic E-state index is 13.5. The minimum absolute atomic E-state index is 0.157. The Hall–Kier alpha value is -2.74. The Balaban J connectivity index is 1.77. The summed E-state index contributed by atoms with van der Waals surface area (Å²) in [6, 6.07) is 5.95. The minimum Gasteiger partial charge on any atom is -0.379 e. The van der Waals surface area contributed by atoms with E-state index in [1.165, 1.54) is 12.1 Å². The third-order valence-electron chi connectivity index (χ3n) is 4.19. The number of halogens is 1. The van der Waals surface area contributed by atoms with Gasteiger partial charge in [0.2, 0.25) is 5.91 Å². The highest BCUT2D eigenvalue weighted by molar-refractivity contribution is 5.87. The Labute approximate surface area is 155 Å². The van der Waals surface area contributed by atoms with Crippen LogP contribution in [-0.2, 0) is 16.1 Å². The van der Waals surface area contributed by atoms with Crippen LogP contribution in [0.4, 0.5) is 4.39 Å². The Kier molecular flexibility index (Phi) is 5.55. The van der Waals surface area contributed by atoms with Gasteiger partial charge >= 0.3 is 0 Å². The number of nitrogens with one attached hydrogen (secondary N) is 1. The second kappa shape index (κ2) is 7.87. The molecule has 0 bridgehead atoms. The van der Waals surface area contributed by atoms with E-state index in [2.05, 4.69) is 10.4 Å². The summed E-state index contributed by atoms with van der Waals surface area (Å²) in [5.41, 5.74) is 0.673. The standard InChI is InChI=1S/C19H23FN4O3/c1-12(2)27-8-4-7-21-18(25)11-23-19(26)17-10-14-9-15(20)5-6-16(14)24(17)13(3)22-23/h5-6,9-10,12H,4,7-8,11H2,1-3H3,(H,21,25). The van der Waals surface area contributed by atoms with Gasteiger partial charge in [0.05, 0.1) is 11.6 Å². The Morgan fingerprint density at radius 3 is 2.81 bits per heavy atom. The number of amides is 1. The van der Waals surface area contributed by atoms with Gasteiger partial charge in [-0.25, -0.2) is 9.07 Å². The highest BCUT2D eigenvalue weighted by Gasteiger charge is 2.14. The fourth-order valence-electron chi connectivity index (χ4n) is 3.01. The predicted octanol–water partition coefficient (Wildman–Crippen LogP) is 2.03. The third-order valence-corrected chi connectivity index (χ3v) is 4.19. The number of fused-ring (bicyclic) bond motifs is 3. The number of rotatable bonds is 7. The van der Waals surface area contributed by atoms with Crippen LogP contribution < -0.4 is 10.9 Å². The van der Waals surface area contributed by atoms with Crippen molar-refractivity contribution in [3.05, 3.63) is 46.3 Å².